The highest BCUT2D eigenvalue weighted by atomic mass is 19.3. The standard InChI is InChI=1S/C11H16F2O4/c1-11(2)16-9-8(14-3)6(4-5-7(12)13)15-10(9)17-11/h5-6,8-10H,4H2,1-3H3/t6-,8+,9-,10-/m1/s1. The Morgan fingerprint density at radius 3 is 2.65 bits per heavy atom. The minimum Gasteiger partial charge on any atom is -0.376 e. The van der Waals surface area contributed by atoms with E-state index in [9.17, 15) is 8.78 Å². The van der Waals surface area contributed by atoms with Gasteiger partial charge in [0, 0.05) is 7.11 Å². The van der Waals surface area contributed by atoms with Crippen LogP contribution in [0, 0.1) is 0 Å². The van der Waals surface area contributed by atoms with Gasteiger partial charge in [-0.2, -0.15) is 8.78 Å². The Labute approximate surface area is 98.5 Å². The van der Waals surface area contributed by atoms with Gasteiger partial charge in [-0.3, -0.25) is 0 Å². The topological polar surface area (TPSA) is 36.9 Å². The van der Waals surface area contributed by atoms with Crippen molar-refractivity contribution in [1.29, 1.82) is 0 Å². The third-order valence-corrected chi connectivity index (χ3v) is 2.86. The summed E-state index contributed by atoms with van der Waals surface area (Å²) in [5.41, 5.74) is 0. The third kappa shape index (κ3) is 2.65. The molecule has 4 atom stereocenters. The molecule has 2 rings (SSSR count). The summed E-state index contributed by atoms with van der Waals surface area (Å²) >= 11 is 0. The van der Waals surface area contributed by atoms with Crippen molar-refractivity contribution in [3.8, 4) is 0 Å². The van der Waals surface area contributed by atoms with Crippen LogP contribution < -0.4 is 0 Å². The summed E-state index contributed by atoms with van der Waals surface area (Å²) in [6.07, 6.45) is -2.58. The summed E-state index contributed by atoms with van der Waals surface area (Å²) in [4.78, 5) is 0. The van der Waals surface area contributed by atoms with E-state index in [-0.39, 0.29) is 12.5 Å². The average molecular weight is 250 g/mol. The summed E-state index contributed by atoms with van der Waals surface area (Å²) in [5.74, 6) is -0.724. The lowest BCUT2D eigenvalue weighted by Gasteiger charge is -2.24. The number of fused-ring (bicyclic) bond motifs is 1. The highest BCUT2D eigenvalue weighted by Crippen LogP contribution is 2.39. The van der Waals surface area contributed by atoms with E-state index in [1.54, 1.807) is 13.8 Å². The first-order chi connectivity index (χ1) is 7.93. The highest BCUT2D eigenvalue weighted by Gasteiger charge is 2.54. The van der Waals surface area contributed by atoms with Gasteiger partial charge in [-0.05, 0) is 26.3 Å². The fraction of sp³-hybridized carbons (Fsp3) is 0.818. The molecular formula is C11H16F2O4. The number of halogens is 2. The van der Waals surface area contributed by atoms with Crippen molar-refractivity contribution in [3.63, 3.8) is 0 Å². The van der Waals surface area contributed by atoms with Crippen molar-refractivity contribution in [1.82, 2.24) is 0 Å². The number of hydrogen-bond donors (Lipinski definition) is 0. The van der Waals surface area contributed by atoms with E-state index in [4.69, 9.17) is 18.9 Å². The monoisotopic (exact) mass is 250 g/mol. The molecule has 17 heavy (non-hydrogen) atoms. The molecule has 2 heterocycles. The van der Waals surface area contributed by atoms with Gasteiger partial charge in [0.2, 0.25) is 0 Å². The van der Waals surface area contributed by atoms with Gasteiger partial charge >= 0.3 is 0 Å². The fourth-order valence-electron chi connectivity index (χ4n) is 2.23. The molecule has 0 unspecified atom stereocenters. The van der Waals surface area contributed by atoms with Gasteiger partial charge in [0.15, 0.2) is 12.1 Å². The molecule has 0 radical (unpaired) electrons. The molecule has 0 aromatic rings. The molecule has 0 aromatic carbocycles. The summed E-state index contributed by atoms with van der Waals surface area (Å²) in [6.45, 7) is 3.55. The van der Waals surface area contributed by atoms with Crippen molar-refractivity contribution in [2.75, 3.05) is 7.11 Å². The van der Waals surface area contributed by atoms with E-state index in [1.165, 1.54) is 7.11 Å². The molecule has 2 saturated heterocycles. The Bertz CT molecular complexity index is 315. The second-order valence-corrected chi connectivity index (χ2v) is 4.57. The van der Waals surface area contributed by atoms with E-state index in [2.05, 4.69) is 0 Å². The van der Waals surface area contributed by atoms with Crippen LogP contribution in [-0.4, -0.2) is 37.5 Å². The predicted molar refractivity (Wildman–Crippen MR) is 54.4 cm³/mol. The molecule has 0 aliphatic carbocycles. The predicted octanol–water partition coefficient (Wildman–Crippen LogP) is 2.05. The number of methoxy groups -OCH3 is 1. The molecule has 2 aliphatic heterocycles. The van der Waals surface area contributed by atoms with Gasteiger partial charge in [-0.1, -0.05) is 0 Å². The molecular weight excluding hydrogens is 234 g/mol. The average Bonchev–Trinajstić information content (AvgIpc) is 2.65. The van der Waals surface area contributed by atoms with Gasteiger partial charge in [0.25, 0.3) is 6.08 Å². The minimum absolute atomic E-state index is 0.0843. The maximum atomic E-state index is 12.0. The summed E-state index contributed by atoms with van der Waals surface area (Å²) in [5, 5.41) is 0. The first-order valence-electron chi connectivity index (χ1n) is 5.48. The quantitative estimate of drug-likeness (QED) is 0.768. The Morgan fingerprint density at radius 2 is 2.06 bits per heavy atom. The molecule has 0 saturated carbocycles. The van der Waals surface area contributed by atoms with E-state index in [0.717, 1.165) is 6.08 Å². The molecule has 0 bridgehead atoms. The third-order valence-electron chi connectivity index (χ3n) is 2.86. The molecule has 2 aliphatic rings. The second-order valence-electron chi connectivity index (χ2n) is 4.57. The Balaban J connectivity index is 2.03. The smallest absolute Gasteiger partial charge is 0.266 e. The second kappa shape index (κ2) is 4.61. The highest BCUT2D eigenvalue weighted by molar-refractivity contribution is 4.97. The molecule has 4 nitrogen and oxygen atoms in total. The number of rotatable bonds is 3. The molecule has 2 fully saturated rings. The van der Waals surface area contributed by atoms with Gasteiger partial charge in [0.1, 0.15) is 12.2 Å². The van der Waals surface area contributed by atoms with Crippen molar-refractivity contribution in [2.45, 2.75) is 50.7 Å². The summed E-state index contributed by atoms with van der Waals surface area (Å²) < 4.78 is 46.0. The van der Waals surface area contributed by atoms with Crippen LogP contribution in [0.4, 0.5) is 8.78 Å². The Morgan fingerprint density at radius 1 is 1.35 bits per heavy atom. The molecule has 0 N–H and O–H groups in total. The molecule has 98 valence electrons. The van der Waals surface area contributed by atoms with Crippen molar-refractivity contribution >= 4 is 0 Å². The van der Waals surface area contributed by atoms with Crippen LogP contribution in [-0.2, 0) is 18.9 Å². The van der Waals surface area contributed by atoms with Crippen molar-refractivity contribution in [2.24, 2.45) is 0 Å². The van der Waals surface area contributed by atoms with Crippen LogP contribution >= 0.6 is 0 Å². The number of ether oxygens (including phenoxy) is 4. The van der Waals surface area contributed by atoms with Crippen LogP contribution in [0.15, 0.2) is 12.2 Å². The maximum absolute atomic E-state index is 12.0. The van der Waals surface area contributed by atoms with E-state index >= 15 is 0 Å². The first-order valence-corrected chi connectivity index (χ1v) is 5.48. The molecule has 6 heteroatoms. The van der Waals surface area contributed by atoms with Gasteiger partial charge < -0.3 is 18.9 Å². The normalized spacial score (nSPS) is 39.1. The summed E-state index contributed by atoms with van der Waals surface area (Å²) in [6, 6.07) is 0. The van der Waals surface area contributed by atoms with Gasteiger partial charge in [-0.25, -0.2) is 0 Å². The summed E-state index contributed by atoms with van der Waals surface area (Å²) in [7, 11) is 1.51. The van der Waals surface area contributed by atoms with E-state index in [1.807, 2.05) is 0 Å². The number of hydrogen-bond acceptors (Lipinski definition) is 4. The Hall–Kier alpha value is -0.560. The SMILES string of the molecule is CO[C@@H]1[C@H]2OC(C)(C)O[C@H]2O[C@@H]1CC=C(F)F. The zero-order valence-corrected chi connectivity index (χ0v) is 9.98. The van der Waals surface area contributed by atoms with Crippen molar-refractivity contribution < 1.29 is 27.7 Å². The van der Waals surface area contributed by atoms with Crippen LogP contribution in [0.2, 0.25) is 0 Å². The zero-order valence-electron chi connectivity index (χ0n) is 9.98. The molecule has 0 spiro atoms. The molecule has 0 amide bonds. The lowest BCUT2D eigenvalue weighted by molar-refractivity contribution is -0.216. The minimum atomic E-state index is -1.72. The van der Waals surface area contributed by atoms with Crippen LogP contribution in [0.5, 0.6) is 0 Å². The van der Waals surface area contributed by atoms with E-state index in [0.29, 0.717) is 0 Å². The van der Waals surface area contributed by atoms with Crippen molar-refractivity contribution in [3.05, 3.63) is 12.2 Å². The van der Waals surface area contributed by atoms with Crippen LogP contribution in [0.1, 0.15) is 20.3 Å². The largest absolute Gasteiger partial charge is 0.376 e. The maximum Gasteiger partial charge on any atom is 0.266 e. The first kappa shape index (κ1) is 12.9. The molecule has 0 aromatic heterocycles. The van der Waals surface area contributed by atoms with Crippen LogP contribution in [0.25, 0.3) is 0 Å². The van der Waals surface area contributed by atoms with E-state index < -0.39 is 30.4 Å². The van der Waals surface area contributed by atoms with Crippen LogP contribution in [0.3, 0.4) is 0 Å². The lowest BCUT2D eigenvalue weighted by atomic mass is 10.1. The van der Waals surface area contributed by atoms with Gasteiger partial charge in [0.05, 0.1) is 6.10 Å². The Kier molecular flexibility index (Phi) is 3.49. The fourth-order valence-corrected chi connectivity index (χ4v) is 2.23. The zero-order chi connectivity index (χ0) is 12.6. The van der Waals surface area contributed by atoms with Gasteiger partial charge in [-0.15, -0.1) is 0 Å². The lowest BCUT2D eigenvalue weighted by Crippen LogP contribution is -2.35.